The Morgan fingerprint density at radius 2 is 2.21 bits per heavy atom. The molecule has 0 spiro atoms. The van der Waals surface area contributed by atoms with Gasteiger partial charge >= 0.3 is 0 Å². The van der Waals surface area contributed by atoms with Crippen LogP contribution >= 0.6 is 0 Å². The summed E-state index contributed by atoms with van der Waals surface area (Å²) >= 11 is 0. The Morgan fingerprint density at radius 3 is 2.57 bits per heavy atom. The fraction of sp³-hybridized carbons (Fsp3) is 1.00. The lowest BCUT2D eigenvalue weighted by Gasteiger charge is -2.31. The zero-order valence-electron chi connectivity index (χ0n) is 9.76. The average molecular weight is 200 g/mol. The molecule has 4 heteroatoms. The first-order chi connectivity index (χ1) is 6.56. The SMILES string of the molecule is BC(F)[C@@H]1CC(N(CC)C(C)C)CN1. The minimum Gasteiger partial charge on any atom is -0.310 e. The monoisotopic (exact) mass is 200 g/mol. The van der Waals surface area contributed by atoms with Gasteiger partial charge in [0.15, 0.2) is 0 Å². The van der Waals surface area contributed by atoms with Crippen molar-refractivity contribution in [3.63, 3.8) is 0 Å². The number of halogens is 1. The van der Waals surface area contributed by atoms with E-state index in [0.717, 1.165) is 19.5 Å². The van der Waals surface area contributed by atoms with Crippen molar-refractivity contribution in [3.8, 4) is 0 Å². The summed E-state index contributed by atoms with van der Waals surface area (Å²) in [5, 5.41) is 3.26. The average Bonchev–Trinajstić information content (AvgIpc) is 2.53. The molecular weight excluding hydrogens is 178 g/mol. The highest BCUT2D eigenvalue weighted by Crippen LogP contribution is 2.18. The van der Waals surface area contributed by atoms with Crippen LogP contribution < -0.4 is 5.32 Å². The van der Waals surface area contributed by atoms with Crippen LogP contribution in [0.3, 0.4) is 0 Å². The van der Waals surface area contributed by atoms with Gasteiger partial charge in [-0.25, -0.2) is 0 Å². The quantitative estimate of drug-likeness (QED) is 0.660. The molecule has 1 aliphatic heterocycles. The van der Waals surface area contributed by atoms with Gasteiger partial charge in [0.05, 0.1) is 6.07 Å². The molecule has 0 aromatic heterocycles. The van der Waals surface area contributed by atoms with Crippen LogP contribution in [0.5, 0.6) is 0 Å². The predicted octanol–water partition coefficient (Wildman–Crippen LogP) is 0.376. The smallest absolute Gasteiger partial charge is 0.148 e. The van der Waals surface area contributed by atoms with Gasteiger partial charge in [0.1, 0.15) is 7.85 Å². The summed E-state index contributed by atoms with van der Waals surface area (Å²) in [6, 6.07) is 1.14. The normalized spacial score (nSPS) is 30.1. The fourth-order valence-corrected chi connectivity index (χ4v) is 2.39. The Morgan fingerprint density at radius 1 is 1.57 bits per heavy atom. The topological polar surface area (TPSA) is 15.3 Å². The first kappa shape index (κ1) is 12.0. The van der Waals surface area contributed by atoms with Crippen molar-refractivity contribution < 1.29 is 4.39 Å². The Bertz CT molecular complexity index is 176. The summed E-state index contributed by atoms with van der Waals surface area (Å²) in [7, 11) is 1.64. The number of hydrogen-bond donors (Lipinski definition) is 1. The van der Waals surface area contributed by atoms with Crippen LogP contribution in [0.2, 0.25) is 0 Å². The van der Waals surface area contributed by atoms with Gasteiger partial charge in [-0.15, -0.1) is 0 Å². The predicted molar refractivity (Wildman–Crippen MR) is 61.2 cm³/mol. The van der Waals surface area contributed by atoms with E-state index in [0.29, 0.717) is 12.1 Å². The third-order valence-electron chi connectivity index (χ3n) is 3.19. The van der Waals surface area contributed by atoms with Crippen LogP contribution in [-0.2, 0) is 0 Å². The van der Waals surface area contributed by atoms with Gasteiger partial charge < -0.3 is 5.32 Å². The van der Waals surface area contributed by atoms with Crippen LogP contribution in [0, 0.1) is 0 Å². The third kappa shape index (κ3) is 2.70. The van der Waals surface area contributed by atoms with E-state index in [-0.39, 0.29) is 6.04 Å². The minimum atomic E-state index is -0.731. The number of nitrogens with zero attached hydrogens (tertiary/aromatic N) is 1. The molecule has 0 radical (unpaired) electrons. The summed E-state index contributed by atoms with van der Waals surface area (Å²) in [5.74, 6) is 0. The standard InChI is InChI=1S/C10H22BFN2/c1-4-14(7(2)3)8-5-9(10(11)12)13-6-8/h7-10,13H,4-6,11H2,1-3H3/t8?,9-,10?/m0/s1. The molecule has 1 rings (SSSR count). The summed E-state index contributed by atoms with van der Waals surface area (Å²) in [5.41, 5.74) is 0. The Hall–Kier alpha value is -0.0851. The lowest BCUT2D eigenvalue weighted by molar-refractivity contribution is 0.169. The van der Waals surface area contributed by atoms with Crippen molar-refractivity contribution in [2.24, 2.45) is 0 Å². The largest absolute Gasteiger partial charge is 0.310 e. The van der Waals surface area contributed by atoms with E-state index < -0.39 is 6.07 Å². The second-order valence-corrected chi connectivity index (χ2v) is 4.51. The van der Waals surface area contributed by atoms with Gasteiger partial charge in [-0.3, -0.25) is 9.29 Å². The second kappa shape index (κ2) is 5.12. The third-order valence-corrected chi connectivity index (χ3v) is 3.19. The van der Waals surface area contributed by atoms with Crippen LogP contribution in [0.1, 0.15) is 27.2 Å². The number of nitrogens with one attached hydrogen (secondary N) is 1. The molecule has 0 bridgehead atoms. The van der Waals surface area contributed by atoms with E-state index in [1.807, 2.05) is 0 Å². The molecule has 2 nitrogen and oxygen atoms in total. The van der Waals surface area contributed by atoms with Crippen molar-refractivity contribution in [2.75, 3.05) is 13.1 Å². The molecule has 3 atom stereocenters. The van der Waals surface area contributed by atoms with Gasteiger partial charge in [-0.1, -0.05) is 6.92 Å². The zero-order chi connectivity index (χ0) is 10.7. The molecule has 1 N–H and O–H groups in total. The summed E-state index contributed by atoms with van der Waals surface area (Å²) in [6.45, 7) is 8.57. The highest BCUT2D eigenvalue weighted by Gasteiger charge is 2.31. The fourth-order valence-electron chi connectivity index (χ4n) is 2.39. The molecule has 14 heavy (non-hydrogen) atoms. The first-order valence-corrected chi connectivity index (χ1v) is 5.69. The van der Waals surface area contributed by atoms with E-state index in [9.17, 15) is 4.39 Å². The van der Waals surface area contributed by atoms with Crippen molar-refractivity contribution in [2.45, 2.75) is 51.4 Å². The molecule has 1 saturated heterocycles. The minimum absolute atomic E-state index is 0.0628. The highest BCUT2D eigenvalue weighted by atomic mass is 19.1. The van der Waals surface area contributed by atoms with Crippen molar-refractivity contribution in [1.82, 2.24) is 10.2 Å². The van der Waals surface area contributed by atoms with E-state index in [1.165, 1.54) is 0 Å². The second-order valence-electron chi connectivity index (χ2n) is 4.51. The van der Waals surface area contributed by atoms with E-state index in [2.05, 4.69) is 31.0 Å². The number of likely N-dealkylation sites (N-methyl/N-ethyl adjacent to an activating group) is 1. The maximum atomic E-state index is 13.1. The van der Waals surface area contributed by atoms with Crippen LogP contribution in [-0.4, -0.2) is 50.0 Å². The van der Waals surface area contributed by atoms with Gasteiger partial charge in [0, 0.05) is 24.7 Å². The molecule has 1 heterocycles. The molecular formula is C10H22BFN2. The van der Waals surface area contributed by atoms with Crippen molar-refractivity contribution in [3.05, 3.63) is 0 Å². The van der Waals surface area contributed by atoms with Gasteiger partial charge in [-0.2, -0.15) is 0 Å². The number of hydrogen-bond acceptors (Lipinski definition) is 2. The van der Waals surface area contributed by atoms with E-state index in [4.69, 9.17) is 0 Å². The Balaban J connectivity index is 2.47. The lowest BCUT2D eigenvalue weighted by Crippen LogP contribution is -2.41. The lowest BCUT2D eigenvalue weighted by atomic mass is 9.92. The molecule has 0 aromatic rings. The maximum absolute atomic E-state index is 13.1. The molecule has 1 aliphatic rings. The first-order valence-electron chi connectivity index (χ1n) is 5.69. The van der Waals surface area contributed by atoms with Crippen LogP contribution in [0.25, 0.3) is 0 Å². The van der Waals surface area contributed by atoms with E-state index >= 15 is 0 Å². The highest BCUT2D eigenvalue weighted by molar-refractivity contribution is 6.11. The van der Waals surface area contributed by atoms with E-state index in [1.54, 1.807) is 7.85 Å². The number of alkyl halides is 1. The molecule has 0 aromatic carbocycles. The van der Waals surface area contributed by atoms with Crippen molar-refractivity contribution in [1.29, 1.82) is 0 Å². The van der Waals surface area contributed by atoms with Crippen LogP contribution in [0.4, 0.5) is 4.39 Å². The summed E-state index contributed by atoms with van der Waals surface area (Å²) in [4.78, 5) is 2.44. The van der Waals surface area contributed by atoms with Gasteiger partial charge in [0.25, 0.3) is 0 Å². The summed E-state index contributed by atoms with van der Waals surface area (Å²) in [6.07, 6.45) is 0.217. The Labute approximate surface area is 87.6 Å². The number of rotatable bonds is 4. The molecule has 0 amide bonds. The van der Waals surface area contributed by atoms with Crippen LogP contribution in [0.15, 0.2) is 0 Å². The zero-order valence-corrected chi connectivity index (χ0v) is 9.76. The molecule has 2 unspecified atom stereocenters. The Kier molecular flexibility index (Phi) is 4.39. The summed E-state index contributed by atoms with van der Waals surface area (Å²) < 4.78 is 13.1. The maximum Gasteiger partial charge on any atom is 0.148 e. The molecule has 0 aliphatic carbocycles. The molecule has 0 saturated carbocycles. The molecule has 1 fully saturated rings. The van der Waals surface area contributed by atoms with Gasteiger partial charge in [0.2, 0.25) is 0 Å². The molecule has 82 valence electrons. The van der Waals surface area contributed by atoms with Crippen molar-refractivity contribution >= 4 is 7.85 Å². The van der Waals surface area contributed by atoms with Gasteiger partial charge in [-0.05, 0) is 26.8 Å².